The number of hydrogen-bond acceptors (Lipinski definition) is 5. The Labute approximate surface area is 165 Å². The molecule has 1 aliphatic heterocycles. The SMILES string of the molecule is COc1ccc(N2CC(C(=O)Nc3cc(C(=O)O)cc(C(=O)O)c3)CC2=O)cc1. The lowest BCUT2D eigenvalue weighted by Crippen LogP contribution is -2.28. The Hall–Kier alpha value is -3.88. The molecule has 150 valence electrons. The molecule has 29 heavy (non-hydrogen) atoms. The van der Waals surface area contributed by atoms with Gasteiger partial charge in [-0.15, -0.1) is 0 Å². The highest BCUT2D eigenvalue weighted by Gasteiger charge is 2.35. The van der Waals surface area contributed by atoms with Gasteiger partial charge in [0, 0.05) is 24.3 Å². The van der Waals surface area contributed by atoms with Gasteiger partial charge in [0.05, 0.1) is 24.2 Å². The van der Waals surface area contributed by atoms with Crippen LogP contribution in [0.4, 0.5) is 11.4 Å². The van der Waals surface area contributed by atoms with Gasteiger partial charge in [-0.05, 0) is 42.5 Å². The monoisotopic (exact) mass is 398 g/mol. The summed E-state index contributed by atoms with van der Waals surface area (Å²) in [7, 11) is 1.53. The first-order chi connectivity index (χ1) is 13.8. The number of carboxylic acids is 2. The van der Waals surface area contributed by atoms with Gasteiger partial charge in [-0.3, -0.25) is 9.59 Å². The van der Waals surface area contributed by atoms with Crippen LogP contribution in [0, 0.1) is 5.92 Å². The predicted octanol–water partition coefficient (Wildman–Crippen LogP) is 2.08. The van der Waals surface area contributed by atoms with Gasteiger partial charge in [-0.25, -0.2) is 9.59 Å². The quantitative estimate of drug-likeness (QED) is 0.678. The van der Waals surface area contributed by atoms with Gasteiger partial charge in [0.15, 0.2) is 0 Å². The summed E-state index contributed by atoms with van der Waals surface area (Å²) in [5, 5.41) is 20.8. The first-order valence-electron chi connectivity index (χ1n) is 8.65. The fraction of sp³-hybridized carbons (Fsp3) is 0.200. The van der Waals surface area contributed by atoms with Gasteiger partial charge >= 0.3 is 11.9 Å². The first-order valence-corrected chi connectivity index (χ1v) is 8.65. The van der Waals surface area contributed by atoms with Crippen molar-refractivity contribution < 1.29 is 34.1 Å². The molecule has 1 heterocycles. The minimum atomic E-state index is -1.31. The summed E-state index contributed by atoms with van der Waals surface area (Å²) < 4.78 is 5.09. The van der Waals surface area contributed by atoms with E-state index in [-0.39, 0.29) is 35.7 Å². The van der Waals surface area contributed by atoms with Crippen molar-refractivity contribution in [2.75, 3.05) is 23.9 Å². The van der Waals surface area contributed by atoms with Gasteiger partial charge < -0.3 is 25.2 Å². The number of rotatable bonds is 6. The molecule has 1 atom stereocenters. The summed E-state index contributed by atoms with van der Waals surface area (Å²) in [5.74, 6) is -3.36. The van der Waals surface area contributed by atoms with E-state index in [4.69, 9.17) is 14.9 Å². The highest BCUT2D eigenvalue weighted by molar-refractivity contribution is 6.04. The number of hydrogen-bond donors (Lipinski definition) is 3. The molecule has 2 amide bonds. The molecule has 2 aromatic rings. The van der Waals surface area contributed by atoms with Crippen LogP contribution in [0.25, 0.3) is 0 Å². The fourth-order valence-corrected chi connectivity index (χ4v) is 3.09. The normalized spacial score (nSPS) is 15.8. The smallest absolute Gasteiger partial charge is 0.335 e. The Bertz CT molecular complexity index is 953. The van der Waals surface area contributed by atoms with Crippen molar-refractivity contribution in [2.45, 2.75) is 6.42 Å². The zero-order valence-corrected chi connectivity index (χ0v) is 15.4. The van der Waals surface area contributed by atoms with Crippen LogP contribution >= 0.6 is 0 Å². The number of ether oxygens (including phenoxy) is 1. The van der Waals surface area contributed by atoms with Gasteiger partial charge in [-0.2, -0.15) is 0 Å². The van der Waals surface area contributed by atoms with Gasteiger partial charge in [-0.1, -0.05) is 0 Å². The lowest BCUT2D eigenvalue weighted by molar-refractivity contribution is -0.122. The van der Waals surface area contributed by atoms with E-state index in [1.54, 1.807) is 24.3 Å². The van der Waals surface area contributed by atoms with Crippen LogP contribution in [0.15, 0.2) is 42.5 Å². The van der Waals surface area contributed by atoms with Crippen LogP contribution in [0.1, 0.15) is 27.1 Å². The van der Waals surface area contributed by atoms with Crippen LogP contribution < -0.4 is 15.0 Å². The second-order valence-corrected chi connectivity index (χ2v) is 6.50. The van der Waals surface area contributed by atoms with Crippen molar-refractivity contribution in [3.63, 3.8) is 0 Å². The molecule has 0 radical (unpaired) electrons. The molecule has 9 nitrogen and oxygen atoms in total. The van der Waals surface area contributed by atoms with Gasteiger partial charge in [0.1, 0.15) is 5.75 Å². The Morgan fingerprint density at radius 3 is 2.14 bits per heavy atom. The van der Waals surface area contributed by atoms with Gasteiger partial charge in [0.2, 0.25) is 11.8 Å². The molecule has 1 fully saturated rings. The number of aromatic carboxylic acids is 2. The number of carboxylic acid groups (broad SMARTS) is 2. The predicted molar refractivity (Wildman–Crippen MR) is 102 cm³/mol. The second kappa shape index (κ2) is 8.01. The molecule has 3 N–H and O–H groups in total. The Morgan fingerprint density at radius 1 is 1.03 bits per heavy atom. The van der Waals surface area contributed by atoms with E-state index < -0.39 is 23.8 Å². The molecular weight excluding hydrogens is 380 g/mol. The third kappa shape index (κ3) is 4.34. The maximum atomic E-state index is 12.6. The van der Waals surface area contributed by atoms with E-state index in [0.717, 1.165) is 6.07 Å². The van der Waals surface area contributed by atoms with E-state index in [1.165, 1.54) is 24.1 Å². The van der Waals surface area contributed by atoms with Crippen molar-refractivity contribution in [2.24, 2.45) is 5.92 Å². The minimum absolute atomic E-state index is 0.0116. The summed E-state index contributed by atoms with van der Waals surface area (Å²) in [6.07, 6.45) is -0.0116. The minimum Gasteiger partial charge on any atom is -0.497 e. The molecule has 0 bridgehead atoms. The van der Waals surface area contributed by atoms with Crippen molar-refractivity contribution in [1.29, 1.82) is 0 Å². The summed E-state index contributed by atoms with van der Waals surface area (Å²) in [6, 6.07) is 10.2. The maximum absolute atomic E-state index is 12.6. The number of carbonyl (C=O) groups is 4. The topological polar surface area (TPSA) is 133 Å². The van der Waals surface area contributed by atoms with E-state index >= 15 is 0 Å². The number of methoxy groups -OCH3 is 1. The van der Waals surface area contributed by atoms with E-state index in [9.17, 15) is 19.2 Å². The number of anilines is 2. The molecule has 0 saturated carbocycles. The molecule has 1 saturated heterocycles. The highest BCUT2D eigenvalue weighted by atomic mass is 16.5. The first kappa shape index (κ1) is 19.9. The Kier molecular flexibility index (Phi) is 5.49. The molecule has 9 heteroatoms. The molecule has 3 rings (SSSR count). The van der Waals surface area contributed by atoms with Crippen LogP contribution in [0.2, 0.25) is 0 Å². The third-order valence-electron chi connectivity index (χ3n) is 4.57. The van der Waals surface area contributed by atoms with Crippen LogP contribution in [-0.2, 0) is 9.59 Å². The number of nitrogens with one attached hydrogen (secondary N) is 1. The van der Waals surface area contributed by atoms with Crippen LogP contribution in [-0.4, -0.2) is 47.6 Å². The van der Waals surface area contributed by atoms with Crippen molar-refractivity contribution in [3.8, 4) is 5.75 Å². The van der Waals surface area contributed by atoms with Crippen LogP contribution in [0.3, 0.4) is 0 Å². The van der Waals surface area contributed by atoms with Crippen LogP contribution in [0.5, 0.6) is 5.75 Å². The summed E-state index contributed by atoms with van der Waals surface area (Å²) in [6.45, 7) is 0.154. The Morgan fingerprint density at radius 2 is 1.62 bits per heavy atom. The number of benzene rings is 2. The van der Waals surface area contributed by atoms with E-state index in [1.807, 2.05) is 0 Å². The fourth-order valence-electron chi connectivity index (χ4n) is 3.09. The average Bonchev–Trinajstić information content (AvgIpc) is 3.09. The molecular formula is C20H18N2O7. The zero-order valence-electron chi connectivity index (χ0n) is 15.4. The third-order valence-corrected chi connectivity index (χ3v) is 4.57. The molecule has 0 spiro atoms. The summed E-state index contributed by atoms with van der Waals surface area (Å²) in [4.78, 5) is 48.8. The second-order valence-electron chi connectivity index (χ2n) is 6.50. The number of carbonyl (C=O) groups excluding carboxylic acids is 2. The number of nitrogens with zero attached hydrogens (tertiary/aromatic N) is 1. The molecule has 0 aliphatic carbocycles. The van der Waals surface area contributed by atoms with Crippen molar-refractivity contribution in [1.82, 2.24) is 0 Å². The molecule has 1 aliphatic rings. The number of amides is 2. The zero-order chi connectivity index (χ0) is 21.1. The highest BCUT2D eigenvalue weighted by Crippen LogP contribution is 2.28. The molecule has 1 unspecified atom stereocenters. The van der Waals surface area contributed by atoms with Crippen molar-refractivity contribution >= 4 is 35.1 Å². The average molecular weight is 398 g/mol. The van der Waals surface area contributed by atoms with Crippen molar-refractivity contribution in [3.05, 3.63) is 53.6 Å². The summed E-state index contributed by atoms with van der Waals surface area (Å²) in [5.41, 5.74) is 0.153. The lowest BCUT2D eigenvalue weighted by Gasteiger charge is -2.17. The van der Waals surface area contributed by atoms with Gasteiger partial charge in [0.25, 0.3) is 0 Å². The van der Waals surface area contributed by atoms with E-state index in [2.05, 4.69) is 5.32 Å². The molecule has 0 aromatic heterocycles. The largest absolute Gasteiger partial charge is 0.497 e. The lowest BCUT2D eigenvalue weighted by atomic mass is 10.1. The molecule has 2 aromatic carbocycles. The Balaban J connectivity index is 1.75. The maximum Gasteiger partial charge on any atom is 0.335 e. The summed E-state index contributed by atoms with van der Waals surface area (Å²) >= 11 is 0. The van der Waals surface area contributed by atoms with E-state index in [0.29, 0.717) is 11.4 Å². The standard InChI is InChI=1S/C20H18N2O7/c1-29-16-4-2-15(3-5-16)22-10-13(9-17(22)23)18(24)21-14-7-11(19(25)26)6-12(8-14)20(27)28/h2-8,13H,9-10H2,1H3,(H,21,24)(H,25,26)(H,27,28).